The molecule has 149 valence electrons. The molecule has 1 heterocycles. The number of anilines is 1. The molecule has 0 bridgehead atoms. The van der Waals surface area contributed by atoms with Gasteiger partial charge in [-0.1, -0.05) is 6.07 Å². The van der Waals surface area contributed by atoms with E-state index in [1.54, 1.807) is 0 Å². The summed E-state index contributed by atoms with van der Waals surface area (Å²) in [6.45, 7) is 2.51. The third-order valence-corrected chi connectivity index (χ3v) is 7.79. The number of aliphatic hydroxyl groups is 1. The SMILES string of the molecule is CC(CO)N1CC(S(=O)(=O)NC(=O)Nc2c3c(cc4c2CCC4)CCC3)C1.[K]. The third kappa shape index (κ3) is 4.37. The van der Waals surface area contributed by atoms with Gasteiger partial charge in [0.05, 0.1) is 6.61 Å². The number of urea groups is 1. The van der Waals surface area contributed by atoms with E-state index in [2.05, 4.69) is 16.1 Å². The molecule has 1 aromatic carbocycles. The summed E-state index contributed by atoms with van der Waals surface area (Å²) in [6, 6.07) is 1.54. The van der Waals surface area contributed by atoms with Crippen LogP contribution in [0, 0.1) is 0 Å². The zero-order valence-electron chi connectivity index (χ0n) is 16.6. The normalized spacial score (nSPS) is 19.9. The molecule has 1 saturated heterocycles. The van der Waals surface area contributed by atoms with Gasteiger partial charge in [-0.3, -0.25) is 4.90 Å². The van der Waals surface area contributed by atoms with E-state index in [-0.39, 0.29) is 64.0 Å². The number of carbonyl (C=O) groups excluding carboxylic acids is 1. The Morgan fingerprint density at radius 1 is 1.18 bits per heavy atom. The van der Waals surface area contributed by atoms with Crippen molar-refractivity contribution in [2.45, 2.75) is 56.7 Å². The molecular weight excluding hydrogens is 405 g/mol. The van der Waals surface area contributed by atoms with Gasteiger partial charge in [0.2, 0.25) is 10.0 Å². The zero-order valence-corrected chi connectivity index (χ0v) is 20.6. The van der Waals surface area contributed by atoms with Crippen molar-refractivity contribution in [3.8, 4) is 0 Å². The average molecular weight is 433 g/mol. The van der Waals surface area contributed by atoms with E-state index in [1.165, 1.54) is 22.3 Å². The van der Waals surface area contributed by atoms with E-state index in [9.17, 15) is 13.2 Å². The smallest absolute Gasteiger partial charge is 0.332 e. The molecule has 28 heavy (non-hydrogen) atoms. The molecular formula is C19H27KN3O4S. The van der Waals surface area contributed by atoms with Crippen molar-refractivity contribution < 1.29 is 18.3 Å². The van der Waals surface area contributed by atoms with Gasteiger partial charge >= 0.3 is 6.03 Å². The predicted octanol–water partition coefficient (Wildman–Crippen LogP) is 0.800. The summed E-state index contributed by atoms with van der Waals surface area (Å²) in [7, 11) is -3.73. The summed E-state index contributed by atoms with van der Waals surface area (Å²) in [4.78, 5) is 14.4. The van der Waals surface area contributed by atoms with Crippen LogP contribution in [0.2, 0.25) is 0 Å². The Morgan fingerprint density at radius 2 is 1.75 bits per heavy atom. The van der Waals surface area contributed by atoms with Gasteiger partial charge in [-0.05, 0) is 67.7 Å². The number of rotatable bonds is 5. The number of fused-ring (bicyclic) bond motifs is 2. The van der Waals surface area contributed by atoms with Crippen LogP contribution in [0.3, 0.4) is 0 Å². The van der Waals surface area contributed by atoms with Gasteiger partial charge in [0.1, 0.15) is 5.25 Å². The summed E-state index contributed by atoms with van der Waals surface area (Å²) >= 11 is 0. The minimum absolute atomic E-state index is 0. The van der Waals surface area contributed by atoms with Crippen LogP contribution >= 0.6 is 0 Å². The Balaban J connectivity index is 0.00000225. The summed E-state index contributed by atoms with van der Waals surface area (Å²) in [5.41, 5.74) is 5.78. The molecule has 0 aromatic heterocycles. The summed E-state index contributed by atoms with van der Waals surface area (Å²) < 4.78 is 27.2. The molecule has 3 N–H and O–H groups in total. The van der Waals surface area contributed by atoms with Gasteiger partial charge in [0.25, 0.3) is 0 Å². The fourth-order valence-electron chi connectivity index (χ4n) is 4.46. The molecule has 1 unspecified atom stereocenters. The number of benzene rings is 1. The second kappa shape index (κ2) is 9.01. The minimum Gasteiger partial charge on any atom is -0.395 e. The summed E-state index contributed by atoms with van der Waals surface area (Å²) in [6.07, 6.45) is 6.07. The number of aliphatic hydroxyl groups excluding tert-OH is 1. The Bertz CT molecular complexity index is 836. The number of nitrogens with one attached hydrogen (secondary N) is 2. The van der Waals surface area contributed by atoms with Gasteiger partial charge in [0, 0.05) is 76.2 Å². The van der Waals surface area contributed by atoms with Crippen molar-refractivity contribution in [2.75, 3.05) is 25.0 Å². The van der Waals surface area contributed by atoms with Crippen LogP contribution in [-0.4, -0.2) is 107 Å². The second-order valence-electron chi connectivity index (χ2n) is 7.94. The molecule has 1 aliphatic heterocycles. The van der Waals surface area contributed by atoms with Crippen LogP contribution in [0.5, 0.6) is 0 Å². The van der Waals surface area contributed by atoms with E-state index in [1.807, 2.05) is 11.8 Å². The van der Waals surface area contributed by atoms with Gasteiger partial charge in [-0.15, -0.1) is 0 Å². The molecule has 0 saturated carbocycles. The average Bonchev–Trinajstić information content (AvgIpc) is 3.20. The van der Waals surface area contributed by atoms with Crippen molar-refractivity contribution in [3.63, 3.8) is 0 Å². The molecule has 3 aliphatic rings. The number of aryl methyl sites for hydroxylation is 2. The number of hydrogen-bond acceptors (Lipinski definition) is 5. The molecule has 4 rings (SSSR count). The first-order chi connectivity index (χ1) is 12.9. The van der Waals surface area contributed by atoms with Gasteiger partial charge in [0.15, 0.2) is 0 Å². The van der Waals surface area contributed by atoms with Crippen LogP contribution in [-0.2, 0) is 35.7 Å². The predicted molar refractivity (Wildman–Crippen MR) is 109 cm³/mol. The van der Waals surface area contributed by atoms with E-state index in [0.29, 0.717) is 13.1 Å². The number of carbonyl (C=O) groups is 1. The second-order valence-corrected chi connectivity index (χ2v) is 9.90. The first-order valence-electron chi connectivity index (χ1n) is 9.73. The van der Waals surface area contributed by atoms with Crippen molar-refractivity contribution in [1.82, 2.24) is 9.62 Å². The first-order valence-corrected chi connectivity index (χ1v) is 11.3. The maximum absolute atomic E-state index is 12.5. The maximum Gasteiger partial charge on any atom is 0.332 e. The van der Waals surface area contributed by atoms with Crippen molar-refractivity contribution in [1.29, 1.82) is 0 Å². The Hall–Kier alpha value is -0.00364. The molecule has 1 aromatic rings. The number of sulfonamides is 1. The fourth-order valence-corrected chi connectivity index (χ4v) is 5.71. The van der Waals surface area contributed by atoms with E-state index >= 15 is 0 Å². The van der Waals surface area contributed by atoms with E-state index < -0.39 is 21.3 Å². The molecule has 7 nitrogen and oxygen atoms in total. The molecule has 1 fully saturated rings. The fraction of sp³-hybridized carbons (Fsp3) is 0.632. The van der Waals surface area contributed by atoms with Gasteiger partial charge in [-0.2, -0.15) is 0 Å². The summed E-state index contributed by atoms with van der Waals surface area (Å²) in [5.74, 6) is 0. The topological polar surface area (TPSA) is 98.7 Å². The van der Waals surface area contributed by atoms with Crippen molar-refractivity contribution in [3.05, 3.63) is 28.3 Å². The Kier molecular flexibility index (Phi) is 7.30. The molecule has 0 spiro atoms. The van der Waals surface area contributed by atoms with Crippen LogP contribution < -0.4 is 10.0 Å². The monoisotopic (exact) mass is 432 g/mol. The maximum atomic E-state index is 12.5. The van der Waals surface area contributed by atoms with Crippen LogP contribution in [0.4, 0.5) is 10.5 Å². The van der Waals surface area contributed by atoms with E-state index in [4.69, 9.17) is 5.11 Å². The van der Waals surface area contributed by atoms with Gasteiger partial charge in [-0.25, -0.2) is 17.9 Å². The molecule has 1 atom stereocenters. The Morgan fingerprint density at radius 3 is 2.29 bits per heavy atom. The quantitative estimate of drug-likeness (QED) is 0.598. The van der Waals surface area contributed by atoms with Gasteiger partial charge < -0.3 is 10.4 Å². The van der Waals surface area contributed by atoms with Crippen LogP contribution in [0.15, 0.2) is 6.07 Å². The molecule has 2 amide bonds. The van der Waals surface area contributed by atoms with E-state index in [0.717, 1.165) is 44.2 Å². The minimum atomic E-state index is -3.73. The number of amides is 2. The largest absolute Gasteiger partial charge is 0.395 e. The molecule has 1 radical (unpaired) electrons. The number of nitrogens with zero attached hydrogens (tertiary/aromatic N) is 1. The zero-order chi connectivity index (χ0) is 19.2. The number of likely N-dealkylation sites (tertiary alicyclic amines) is 1. The Labute approximate surface area is 209 Å². The molecule has 9 heteroatoms. The van der Waals surface area contributed by atoms with Crippen molar-refractivity contribution >= 4 is 73.1 Å². The standard InChI is InChI=1S/C19H27N3O4S.K/c1-12(11-23)22-9-15(10-22)27(25,26)21-19(24)20-18-16-6-2-4-13(16)8-14-5-3-7-17(14)18;/h8,12,15,23H,2-7,9-11H2,1H3,(H2,20,21,24);. The van der Waals surface area contributed by atoms with Crippen LogP contribution in [0.1, 0.15) is 42.0 Å². The van der Waals surface area contributed by atoms with Crippen molar-refractivity contribution in [2.24, 2.45) is 0 Å². The third-order valence-electron chi connectivity index (χ3n) is 6.15. The first kappa shape index (κ1) is 22.7. The van der Waals surface area contributed by atoms with Crippen LogP contribution in [0.25, 0.3) is 0 Å². The molecule has 2 aliphatic carbocycles. The number of hydrogen-bond donors (Lipinski definition) is 3. The summed E-state index contributed by atoms with van der Waals surface area (Å²) in [5, 5.41) is 11.4.